The number of carbonyl (C=O) groups excluding carboxylic acids is 2. The second-order valence-corrected chi connectivity index (χ2v) is 4.89. The summed E-state index contributed by atoms with van der Waals surface area (Å²) in [5, 5.41) is 3.30. The first-order valence-electron chi connectivity index (χ1n) is 6.60. The number of benzene rings is 1. The highest BCUT2D eigenvalue weighted by Crippen LogP contribution is 2.14. The maximum Gasteiger partial charge on any atom is 0.255 e. The Morgan fingerprint density at radius 1 is 1.40 bits per heavy atom. The standard InChI is InChI=1S/C14H19N3O3/c1-10-8-17(7-6-16-10)14(19)11-2-4-12(5-3-11)20-9-13(15)18/h2-5,10,16H,6-9H2,1H3,(H2,15,18)/t10-/m0/s1. The monoisotopic (exact) mass is 277 g/mol. The van der Waals surface area contributed by atoms with E-state index in [0.29, 0.717) is 30.4 Å². The van der Waals surface area contributed by atoms with Crippen LogP contribution in [-0.4, -0.2) is 49.0 Å². The molecule has 1 aliphatic heterocycles. The molecule has 0 saturated carbocycles. The Bertz CT molecular complexity index is 487. The molecule has 6 nitrogen and oxygen atoms in total. The molecule has 0 radical (unpaired) electrons. The van der Waals surface area contributed by atoms with E-state index in [1.165, 1.54) is 0 Å². The molecule has 2 rings (SSSR count). The van der Waals surface area contributed by atoms with Crippen molar-refractivity contribution in [3.8, 4) is 5.75 Å². The van der Waals surface area contributed by atoms with Crippen LogP contribution < -0.4 is 15.8 Å². The second kappa shape index (κ2) is 6.38. The zero-order chi connectivity index (χ0) is 14.5. The van der Waals surface area contributed by atoms with Crippen molar-refractivity contribution in [2.24, 2.45) is 5.73 Å². The third kappa shape index (κ3) is 3.71. The second-order valence-electron chi connectivity index (χ2n) is 4.89. The van der Waals surface area contributed by atoms with Crippen LogP contribution in [-0.2, 0) is 4.79 Å². The topological polar surface area (TPSA) is 84.7 Å². The molecule has 108 valence electrons. The van der Waals surface area contributed by atoms with Crippen LogP contribution in [0, 0.1) is 0 Å². The Morgan fingerprint density at radius 3 is 2.70 bits per heavy atom. The van der Waals surface area contributed by atoms with Crippen LogP contribution in [0.1, 0.15) is 17.3 Å². The molecule has 1 saturated heterocycles. The van der Waals surface area contributed by atoms with E-state index in [4.69, 9.17) is 10.5 Å². The molecule has 1 atom stereocenters. The van der Waals surface area contributed by atoms with E-state index in [2.05, 4.69) is 12.2 Å². The zero-order valence-electron chi connectivity index (χ0n) is 11.5. The van der Waals surface area contributed by atoms with E-state index in [0.717, 1.165) is 6.54 Å². The van der Waals surface area contributed by atoms with Gasteiger partial charge in [0.15, 0.2) is 6.61 Å². The first-order valence-corrected chi connectivity index (χ1v) is 6.60. The molecule has 1 aromatic carbocycles. The molecule has 20 heavy (non-hydrogen) atoms. The molecule has 0 aromatic heterocycles. The SMILES string of the molecule is C[C@H]1CN(C(=O)c2ccc(OCC(N)=O)cc2)CCN1. The number of hydrogen-bond donors (Lipinski definition) is 2. The van der Waals surface area contributed by atoms with Gasteiger partial charge in [0, 0.05) is 31.2 Å². The molecular formula is C14H19N3O3. The number of primary amides is 1. The third-order valence-electron chi connectivity index (χ3n) is 3.14. The van der Waals surface area contributed by atoms with Gasteiger partial charge in [0.2, 0.25) is 0 Å². The highest BCUT2D eigenvalue weighted by molar-refractivity contribution is 5.94. The fourth-order valence-corrected chi connectivity index (χ4v) is 2.15. The van der Waals surface area contributed by atoms with Crippen LogP contribution in [0.25, 0.3) is 0 Å². The number of rotatable bonds is 4. The molecule has 2 amide bonds. The Hall–Kier alpha value is -2.08. The fraction of sp³-hybridized carbons (Fsp3) is 0.429. The lowest BCUT2D eigenvalue weighted by molar-refractivity contribution is -0.119. The van der Waals surface area contributed by atoms with Crippen molar-refractivity contribution in [1.82, 2.24) is 10.2 Å². The summed E-state index contributed by atoms with van der Waals surface area (Å²) in [6.07, 6.45) is 0. The maximum absolute atomic E-state index is 12.3. The minimum absolute atomic E-state index is 0.0137. The lowest BCUT2D eigenvalue weighted by atomic mass is 10.1. The highest BCUT2D eigenvalue weighted by atomic mass is 16.5. The molecule has 1 aliphatic rings. The predicted octanol–water partition coefficient (Wildman–Crippen LogP) is -0.0154. The molecule has 0 aliphatic carbocycles. The average Bonchev–Trinajstić information content (AvgIpc) is 2.45. The Balaban J connectivity index is 1.98. The van der Waals surface area contributed by atoms with Gasteiger partial charge in [0.05, 0.1) is 0 Å². The quantitative estimate of drug-likeness (QED) is 0.810. The summed E-state index contributed by atoms with van der Waals surface area (Å²) in [6, 6.07) is 7.05. The van der Waals surface area contributed by atoms with Gasteiger partial charge in [-0.25, -0.2) is 0 Å². The highest BCUT2D eigenvalue weighted by Gasteiger charge is 2.21. The molecule has 1 aromatic rings. The van der Waals surface area contributed by atoms with E-state index in [1.807, 2.05) is 4.90 Å². The summed E-state index contributed by atoms with van der Waals surface area (Å²) in [7, 11) is 0. The number of ether oxygens (including phenoxy) is 1. The third-order valence-corrected chi connectivity index (χ3v) is 3.14. The van der Waals surface area contributed by atoms with Crippen LogP contribution in [0.3, 0.4) is 0 Å². The van der Waals surface area contributed by atoms with E-state index in [-0.39, 0.29) is 12.5 Å². The van der Waals surface area contributed by atoms with Gasteiger partial charge in [0.1, 0.15) is 5.75 Å². The molecule has 1 fully saturated rings. The van der Waals surface area contributed by atoms with Crippen LogP contribution in [0.4, 0.5) is 0 Å². The average molecular weight is 277 g/mol. The van der Waals surface area contributed by atoms with Gasteiger partial charge in [-0.2, -0.15) is 0 Å². The Labute approximate surface area is 117 Å². The smallest absolute Gasteiger partial charge is 0.255 e. The lowest BCUT2D eigenvalue weighted by Gasteiger charge is -2.32. The predicted molar refractivity (Wildman–Crippen MR) is 74.5 cm³/mol. The van der Waals surface area contributed by atoms with Crippen molar-refractivity contribution in [3.63, 3.8) is 0 Å². The minimum Gasteiger partial charge on any atom is -0.484 e. The minimum atomic E-state index is -0.528. The number of piperazine rings is 1. The number of nitrogens with zero attached hydrogens (tertiary/aromatic N) is 1. The molecule has 3 N–H and O–H groups in total. The molecule has 0 unspecified atom stereocenters. The summed E-state index contributed by atoms with van der Waals surface area (Å²) < 4.78 is 5.16. The fourth-order valence-electron chi connectivity index (χ4n) is 2.15. The van der Waals surface area contributed by atoms with Gasteiger partial charge in [-0.1, -0.05) is 0 Å². The number of hydrogen-bond acceptors (Lipinski definition) is 4. The normalized spacial score (nSPS) is 18.6. The Kier molecular flexibility index (Phi) is 4.57. The summed E-state index contributed by atoms with van der Waals surface area (Å²) in [4.78, 5) is 24.8. The van der Waals surface area contributed by atoms with Crippen LogP contribution in [0.5, 0.6) is 5.75 Å². The van der Waals surface area contributed by atoms with Crippen LogP contribution in [0.2, 0.25) is 0 Å². The first-order chi connectivity index (χ1) is 9.56. The van der Waals surface area contributed by atoms with Gasteiger partial charge in [0.25, 0.3) is 11.8 Å². The molecule has 0 bridgehead atoms. The van der Waals surface area contributed by atoms with Crippen molar-refractivity contribution in [3.05, 3.63) is 29.8 Å². The number of amides is 2. The first kappa shape index (κ1) is 14.3. The zero-order valence-corrected chi connectivity index (χ0v) is 11.5. The van der Waals surface area contributed by atoms with Gasteiger partial charge in [-0.15, -0.1) is 0 Å². The summed E-state index contributed by atoms with van der Waals surface area (Å²) in [6.45, 7) is 4.12. The number of nitrogens with one attached hydrogen (secondary N) is 1. The van der Waals surface area contributed by atoms with Crippen LogP contribution in [0.15, 0.2) is 24.3 Å². The number of nitrogens with two attached hydrogens (primary N) is 1. The van der Waals surface area contributed by atoms with E-state index >= 15 is 0 Å². The molecule has 6 heteroatoms. The van der Waals surface area contributed by atoms with Gasteiger partial charge in [-0.3, -0.25) is 9.59 Å². The molecule has 0 spiro atoms. The van der Waals surface area contributed by atoms with E-state index < -0.39 is 5.91 Å². The molecular weight excluding hydrogens is 258 g/mol. The van der Waals surface area contributed by atoms with Crippen molar-refractivity contribution >= 4 is 11.8 Å². The Morgan fingerprint density at radius 2 is 2.10 bits per heavy atom. The summed E-state index contributed by atoms with van der Waals surface area (Å²) >= 11 is 0. The summed E-state index contributed by atoms with van der Waals surface area (Å²) in [5.74, 6) is 0.00814. The van der Waals surface area contributed by atoms with Crippen molar-refractivity contribution in [2.45, 2.75) is 13.0 Å². The van der Waals surface area contributed by atoms with Gasteiger partial charge >= 0.3 is 0 Å². The van der Waals surface area contributed by atoms with Crippen molar-refractivity contribution in [1.29, 1.82) is 0 Å². The van der Waals surface area contributed by atoms with Crippen molar-refractivity contribution < 1.29 is 14.3 Å². The maximum atomic E-state index is 12.3. The van der Waals surface area contributed by atoms with E-state index in [1.54, 1.807) is 24.3 Å². The summed E-state index contributed by atoms with van der Waals surface area (Å²) in [5.41, 5.74) is 5.61. The van der Waals surface area contributed by atoms with Gasteiger partial charge < -0.3 is 20.7 Å². The lowest BCUT2D eigenvalue weighted by Crippen LogP contribution is -2.51. The largest absolute Gasteiger partial charge is 0.484 e. The van der Waals surface area contributed by atoms with Gasteiger partial charge in [-0.05, 0) is 31.2 Å². The van der Waals surface area contributed by atoms with Crippen LogP contribution >= 0.6 is 0 Å². The van der Waals surface area contributed by atoms with Crippen molar-refractivity contribution in [2.75, 3.05) is 26.2 Å². The number of carbonyl (C=O) groups is 2. The molecule has 1 heterocycles. The van der Waals surface area contributed by atoms with E-state index in [9.17, 15) is 9.59 Å².